The van der Waals surface area contributed by atoms with Crippen LogP contribution in [0.15, 0.2) is 113 Å². The first-order chi connectivity index (χ1) is 28.8. The number of fused-ring (bicyclic) bond motifs is 1. The number of hydrogen-bond donors (Lipinski definition) is 1. The summed E-state index contributed by atoms with van der Waals surface area (Å²) < 4.78 is 55.2. The van der Waals surface area contributed by atoms with E-state index >= 15 is 0 Å². The highest BCUT2D eigenvalue weighted by Crippen LogP contribution is 2.47. The van der Waals surface area contributed by atoms with Crippen LogP contribution in [0.2, 0.25) is 0 Å². The van der Waals surface area contributed by atoms with Gasteiger partial charge in [-0.2, -0.15) is 0 Å². The average Bonchev–Trinajstić information content (AvgIpc) is 3.89. The molecular formula is C43H36O17. The molecule has 0 aliphatic heterocycles. The molecule has 4 atom stereocenters. The number of carbonyl (C=O) groups excluding carboxylic acids is 5. The lowest BCUT2D eigenvalue weighted by Gasteiger charge is -2.45. The molecule has 1 saturated carbocycles. The van der Waals surface area contributed by atoms with E-state index in [0.29, 0.717) is 0 Å². The SMILES string of the molecule is C=CC(=O)Oc1ccc(C(=O)OC2C[C@@H](OC(=O)c3ccc(OC(=O)c4ccc(OC(=O)C=C)c(OC)c4)c(OC)c3)C(C(=O)O)(c3coc4ccoc34)C[C@H]2OC)cc1. The van der Waals surface area contributed by atoms with Crippen molar-refractivity contribution < 1.29 is 80.6 Å². The van der Waals surface area contributed by atoms with E-state index < -0.39 is 59.5 Å². The van der Waals surface area contributed by atoms with Crippen molar-refractivity contribution in [3.8, 4) is 28.7 Å². The Labute approximate surface area is 340 Å². The maximum absolute atomic E-state index is 14.0. The van der Waals surface area contributed by atoms with Crippen molar-refractivity contribution in [3.05, 3.63) is 127 Å². The minimum Gasteiger partial charge on any atom is -0.493 e. The lowest BCUT2D eigenvalue weighted by atomic mass is 9.65. The van der Waals surface area contributed by atoms with Gasteiger partial charge < -0.3 is 51.8 Å². The number of aliphatic carboxylic acids is 1. The van der Waals surface area contributed by atoms with Gasteiger partial charge in [-0.15, -0.1) is 0 Å². The highest BCUT2D eigenvalue weighted by molar-refractivity contribution is 5.95. The molecule has 0 saturated heterocycles. The van der Waals surface area contributed by atoms with Crippen LogP contribution >= 0.6 is 0 Å². The number of methoxy groups -OCH3 is 3. The first-order valence-electron chi connectivity index (χ1n) is 17.9. The van der Waals surface area contributed by atoms with E-state index in [1.165, 1.54) is 101 Å². The fourth-order valence-corrected chi connectivity index (χ4v) is 6.63. The summed E-state index contributed by atoms with van der Waals surface area (Å²) in [5, 5.41) is 11.0. The number of carboxylic acids is 1. The molecule has 1 fully saturated rings. The van der Waals surface area contributed by atoms with E-state index in [2.05, 4.69) is 13.2 Å². The molecule has 2 unspecified atom stereocenters. The summed E-state index contributed by atoms with van der Waals surface area (Å²) >= 11 is 0. The third-order valence-electron chi connectivity index (χ3n) is 9.64. The Morgan fingerprint density at radius 1 is 0.683 bits per heavy atom. The minimum absolute atomic E-state index is 0.0127. The van der Waals surface area contributed by atoms with Crippen LogP contribution in [0, 0.1) is 0 Å². The van der Waals surface area contributed by atoms with Gasteiger partial charge in [0.25, 0.3) is 0 Å². The van der Waals surface area contributed by atoms with Crippen LogP contribution in [0.1, 0.15) is 49.5 Å². The largest absolute Gasteiger partial charge is 0.493 e. The standard InChI is InChI=1S/C43H36O17/c1-6-36(44)56-26-12-8-23(9-13-26)39(46)59-33-20-35(43(42(49)50,21-34(33)53-5)27-22-55-30-16-17-54-38(27)30)60-41(48)25-11-15-29(32(19-25)52-4)58-40(47)24-10-14-28(31(18-24)51-3)57-37(45)7-2/h6-19,22,33-35H,1-2,20-21H2,3-5H3,(H,49,50)/t33?,34-,35-,43?/m1/s1. The van der Waals surface area contributed by atoms with Gasteiger partial charge in [-0.05, 0) is 60.7 Å². The Kier molecular flexibility index (Phi) is 12.5. The number of carboxylic acid groups (broad SMARTS) is 1. The fourth-order valence-electron chi connectivity index (χ4n) is 6.63. The second-order valence-corrected chi connectivity index (χ2v) is 13.0. The van der Waals surface area contributed by atoms with E-state index in [-0.39, 0.29) is 75.0 Å². The third kappa shape index (κ3) is 8.46. The second-order valence-electron chi connectivity index (χ2n) is 13.0. The van der Waals surface area contributed by atoms with Crippen molar-refractivity contribution >= 4 is 47.0 Å². The Balaban J connectivity index is 1.28. The predicted molar refractivity (Wildman–Crippen MR) is 205 cm³/mol. The van der Waals surface area contributed by atoms with E-state index in [4.69, 9.17) is 46.7 Å². The van der Waals surface area contributed by atoms with Gasteiger partial charge in [-0.3, -0.25) is 4.79 Å². The van der Waals surface area contributed by atoms with Crippen LogP contribution in [0.25, 0.3) is 11.2 Å². The molecular weight excluding hydrogens is 788 g/mol. The van der Waals surface area contributed by atoms with Gasteiger partial charge in [-0.25, -0.2) is 24.0 Å². The number of furan rings is 2. The van der Waals surface area contributed by atoms with Crippen LogP contribution < -0.4 is 23.7 Å². The summed E-state index contributed by atoms with van der Waals surface area (Å²) in [6.07, 6.45) is -0.0149. The molecule has 1 aliphatic carbocycles. The predicted octanol–water partition coefficient (Wildman–Crippen LogP) is 6.03. The Hall–Kier alpha value is -7.66. The molecule has 17 nitrogen and oxygen atoms in total. The molecule has 5 aromatic rings. The molecule has 0 radical (unpaired) electrons. The average molecular weight is 825 g/mol. The molecule has 2 heterocycles. The first-order valence-corrected chi connectivity index (χ1v) is 17.9. The topological polar surface area (TPSA) is 223 Å². The quantitative estimate of drug-likeness (QED) is 0.0723. The molecule has 1 N–H and O–H groups in total. The lowest BCUT2D eigenvalue weighted by molar-refractivity contribution is -0.163. The number of ether oxygens (including phenoxy) is 8. The van der Waals surface area contributed by atoms with E-state index in [0.717, 1.165) is 12.2 Å². The Bertz CT molecular complexity index is 2470. The van der Waals surface area contributed by atoms with Crippen LogP contribution in [-0.2, 0) is 34.0 Å². The Morgan fingerprint density at radius 2 is 1.27 bits per heavy atom. The zero-order chi connectivity index (χ0) is 43.1. The molecule has 6 rings (SSSR count). The van der Waals surface area contributed by atoms with Crippen molar-refractivity contribution in [2.45, 2.75) is 36.6 Å². The highest BCUT2D eigenvalue weighted by atomic mass is 16.6. The van der Waals surface area contributed by atoms with Gasteiger partial charge in [0, 0.05) is 38.2 Å². The van der Waals surface area contributed by atoms with Gasteiger partial charge in [0.1, 0.15) is 23.4 Å². The summed E-state index contributed by atoms with van der Waals surface area (Å²) in [5.74, 6) is -5.48. The van der Waals surface area contributed by atoms with Crippen LogP contribution in [-0.4, -0.2) is 80.6 Å². The third-order valence-corrected chi connectivity index (χ3v) is 9.64. The lowest BCUT2D eigenvalue weighted by Crippen LogP contribution is -2.58. The molecule has 0 spiro atoms. The maximum Gasteiger partial charge on any atom is 0.343 e. The Morgan fingerprint density at radius 3 is 1.87 bits per heavy atom. The van der Waals surface area contributed by atoms with E-state index in [9.17, 15) is 33.9 Å². The summed E-state index contributed by atoms with van der Waals surface area (Å²) in [6, 6.07) is 14.7. The van der Waals surface area contributed by atoms with Gasteiger partial charge >= 0.3 is 35.8 Å². The second kappa shape index (κ2) is 17.9. The number of hydrogen-bond acceptors (Lipinski definition) is 16. The van der Waals surface area contributed by atoms with E-state index in [1.807, 2.05) is 0 Å². The smallest absolute Gasteiger partial charge is 0.343 e. The van der Waals surface area contributed by atoms with Crippen LogP contribution in [0.5, 0.6) is 28.7 Å². The molecule has 310 valence electrons. The summed E-state index contributed by atoms with van der Waals surface area (Å²) in [5.41, 5.74) is -1.72. The van der Waals surface area contributed by atoms with Gasteiger partial charge in [0.15, 0.2) is 34.2 Å². The van der Waals surface area contributed by atoms with Crippen molar-refractivity contribution in [1.82, 2.24) is 0 Å². The summed E-state index contributed by atoms with van der Waals surface area (Å²) in [6.45, 7) is 6.68. The summed E-state index contributed by atoms with van der Waals surface area (Å²) in [4.78, 5) is 77.4. The molecule has 2 aromatic heterocycles. The van der Waals surface area contributed by atoms with E-state index in [1.54, 1.807) is 0 Å². The molecule has 17 heteroatoms. The normalized spacial score (nSPS) is 18.4. The number of benzene rings is 3. The van der Waals surface area contributed by atoms with Gasteiger partial charge in [-0.1, -0.05) is 13.2 Å². The number of rotatable bonds is 15. The molecule has 3 aromatic carbocycles. The maximum atomic E-state index is 14.0. The number of carbonyl (C=O) groups is 6. The molecule has 1 aliphatic rings. The highest BCUT2D eigenvalue weighted by Gasteiger charge is 2.59. The molecule has 0 amide bonds. The van der Waals surface area contributed by atoms with Gasteiger partial charge in [0.05, 0.1) is 55.1 Å². The number of esters is 5. The van der Waals surface area contributed by atoms with Gasteiger partial charge in [0.2, 0.25) is 0 Å². The van der Waals surface area contributed by atoms with Crippen molar-refractivity contribution in [2.75, 3.05) is 21.3 Å². The van der Waals surface area contributed by atoms with Crippen LogP contribution in [0.4, 0.5) is 0 Å². The van der Waals surface area contributed by atoms with Crippen LogP contribution in [0.3, 0.4) is 0 Å². The van der Waals surface area contributed by atoms with Crippen molar-refractivity contribution in [2.24, 2.45) is 0 Å². The van der Waals surface area contributed by atoms with Crippen molar-refractivity contribution in [1.29, 1.82) is 0 Å². The molecule has 0 bridgehead atoms. The fraction of sp³-hybridized carbons (Fsp3) is 0.209. The zero-order valence-electron chi connectivity index (χ0n) is 32.2. The minimum atomic E-state index is -2.06. The summed E-state index contributed by atoms with van der Waals surface area (Å²) in [7, 11) is 3.90. The zero-order valence-corrected chi connectivity index (χ0v) is 32.2. The van der Waals surface area contributed by atoms with Crippen molar-refractivity contribution in [3.63, 3.8) is 0 Å². The monoisotopic (exact) mass is 824 g/mol. The molecule has 60 heavy (non-hydrogen) atoms. The first kappa shape index (κ1) is 42.0.